The Balaban J connectivity index is 1.03. The smallest absolute Gasteiger partial charge is 0.326 e. The Bertz CT molecular complexity index is 2100. The quantitative estimate of drug-likeness (QED) is 0.119. The molecule has 290 valence electrons. The third-order valence-corrected chi connectivity index (χ3v) is 13.8. The second-order valence-electron chi connectivity index (χ2n) is 15.6. The fraction of sp³-hybridized carbons (Fsp3) is 0.439. The van der Waals surface area contributed by atoms with Gasteiger partial charge in [0.25, 0.3) is 5.91 Å². The van der Waals surface area contributed by atoms with E-state index in [1.807, 2.05) is 47.5 Å². The zero-order chi connectivity index (χ0) is 38.9. The van der Waals surface area contributed by atoms with E-state index in [4.69, 9.17) is 9.26 Å². The number of amides is 3. The van der Waals surface area contributed by atoms with Gasteiger partial charge in [-0.15, -0.1) is 11.3 Å². The molecule has 7 rings (SSSR count). The standard InChI is InChI=1S/C41H48N5O7PS/c1-26(2)52-40(50)41(3,4)44-54(51,53-32-12-6-5-7-13-32)25-27-15-18-35-29(20-27)21-36(55-35)37(47)43-33-14-8-11-31-16-17-34(46(31)38(33)48)39(49)45-23-30(24-45)28-10-9-19-42-22-28/h5-7,9-10,12-13,15,18-22,26,30-31,33-34H,8,11,14,16-17,23-25H2,1-4H3,(H,43,47)(H,44,51)/t31-,33?,34-,54?/m0/s1. The predicted octanol–water partition coefficient (Wildman–Crippen LogP) is 6.66. The molecule has 3 fully saturated rings. The number of fused-ring (bicyclic) bond motifs is 2. The summed E-state index contributed by atoms with van der Waals surface area (Å²) in [5.41, 5.74) is 0.476. The number of nitrogens with zero attached hydrogens (tertiary/aromatic N) is 3. The van der Waals surface area contributed by atoms with Gasteiger partial charge >= 0.3 is 13.5 Å². The molecule has 4 atom stereocenters. The van der Waals surface area contributed by atoms with E-state index in [2.05, 4.69) is 15.4 Å². The van der Waals surface area contributed by atoms with Gasteiger partial charge in [-0.05, 0) is 113 Å². The minimum Gasteiger partial charge on any atom is -0.462 e. The van der Waals surface area contributed by atoms with Crippen LogP contribution in [0.1, 0.15) is 86.5 Å². The molecule has 55 heavy (non-hydrogen) atoms. The first-order chi connectivity index (χ1) is 26.3. The highest BCUT2D eigenvalue weighted by Gasteiger charge is 2.47. The van der Waals surface area contributed by atoms with Crippen molar-refractivity contribution in [1.29, 1.82) is 0 Å². The Morgan fingerprint density at radius 2 is 1.78 bits per heavy atom. The minimum absolute atomic E-state index is 0.00995. The number of para-hydroxylation sites is 1. The topological polar surface area (TPSA) is 147 Å². The average Bonchev–Trinajstić information content (AvgIpc) is 3.71. The van der Waals surface area contributed by atoms with Crippen molar-refractivity contribution in [3.05, 3.63) is 95.1 Å². The monoisotopic (exact) mass is 785 g/mol. The number of pyridine rings is 1. The first-order valence-corrected chi connectivity index (χ1v) is 21.6. The number of hydrogen-bond acceptors (Lipinski definition) is 9. The fourth-order valence-electron chi connectivity index (χ4n) is 7.79. The number of esters is 1. The third-order valence-electron chi connectivity index (χ3n) is 10.5. The van der Waals surface area contributed by atoms with Gasteiger partial charge in [0, 0.05) is 42.1 Å². The predicted molar refractivity (Wildman–Crippen MR) is 211 cm³/mol. The number of aromatic nitrogens is 1. The second-order valence-corrected chi connectivity index (χ2v) is 18.7. The molecule has 14 heteroatoms. The highest BCUT2D eigenvalue weighted by molar-refractivity contribution is 7.56. The first kappa shape index (κ1) is 38.7. The lowest BCUT2D eigenvalue weighted by molar-refractivity contribution is -0.153. The molecule has 0 radical (unpaired) electrons. The van der Waals surface area contributed by atoms with E-state index in [1.54, 1.807) is 69.1 Å². The van der Waals surface area contributed by atoms with Gasteiger partial charge in [-0.3, -0.25) is 28.7 Å². The second kappa shape index (κ2) is 15.9. The van der Waals surface area contributed by atoms with Crippen molar-refractivity contribution in [2.45, 2.75) is 102 Å². The van der Waals surface area contributed by atoms with Crippen LogP contribution in [0.2, 0.25) is 0 Å². The molecule has 2 N–H and O–H groups in total. The number of carbonyl (C=O) groups is 4. The highest BCUT2D eigenvalue weighted by atomic mass is 32.1. The molecule has 2 aromatic heterocycles. The number of likely N-dealkylation sites (tertiary alicyclic amines) is 1. The van der Waals surface area contributed by atoms with Crippen molar-refractivity contribution in [2.75, 3.05) is 13.1 Å². The Morgan fingerprint density at radius 3 is 2.51 bits per heavy atom. The van der Waals surface area contributed by atoms with E-state index < -0.39 is 31.1 Å². The normalized spacial score (nSPS) is 21.4. The lowest BCUT2D eigenvalue weighted by atomic mass is 9.92. The molecule has 0 bridgehead atoms. The molecule has 0 saturated carbocycles. The molecule has 0 spiro atoms. The van der Waals surface area contributed by atoms with Crippen LogP contribution in [0.25, 0.3) is 10.1 Å². The van der Waals surface area contributed by atoms with Crippen molar-refractivity contribution < 1.29 is 33.0 Å². The first-order valence-electron chi connectivity index (χ1n) is 19.0. The number of hydrogen-bond donors (Lipinski definition) is 2. The summed E-state index contributed by atoms with van der Waals surface area (Å²) in [6.45, 7) is 7.95. The maximum atomic E-state index is 14.5. The number of rotatable bonds is 12. The highest BCUT2D eigenvalue weighted by Crippen LogP contribution is 2.49. The van der Waals surface area contributed by atoms with Crippen LogP contribution in [0.5, 0.6) is 5.75 Å². The Kier molecular flexibility index (Phi) is 11.2. The summed E-state index contributed by atoms with van der Waals surface area (Å²) in [6, 6.07) is 18.8. The summed E-state index contributed by atoms with van der Waals surface area (Å²) < 4.78 is 26.8. The van der Waals surface area contributed by atoms with Gasteiger partial charge in [-0.1, -0.05) is 30.3 Å². The van der Waals surface area contributed by atoms with Crippen LogP contribution in [-0.2, 0) is 29.8 Å². The van der Waals surface area contributed by atoms with Crippen LogP contribution in [0.3, 0.4) is 0 Å². The number of carbonyl (C=O) groups excluding carboxylic acids is 4. The van der Waals surface area contributed by atoms with Crippen molar-refractivity contribution in [2.24, 2.45) is 0 Å². The molecule has 3 aliphatic rings. The molecule has 3 amide bonds. The van der Waals surface area contributed by atoms with E-state index >= 15 is 0 Å². The summed E-state index contributed by atoms with van der Waals surface area (Å²) in [6.07, 6.45) is 6.67. The molecule has 3 aliphatic heterocycles. The van der Waals surface area contributed by atoms with E-state index in [0.717, 1.165) is 34.9 Å². The van der Waals surface area contributed by atoms with Crippen LogP contribution in [-0.4, -0.2) is 81.3 Å². The molecule has 0 aliphatic carbocycles. The average molecular weight is 786 g/mol. The van der Waals surface area contributed by atoms with Gasteiger partial charge in [0.05, 0.1) is 17.1 Å². The van der Waals surface area contributed by atoms with E-state index in [-0.39, 0.29) is 41.9 Å². The zero-order valence-electron chi connectivity index (χ0n) is 31.6. The SMILES string of the molecule is CC(C)OC(=O)C(C)(C)NP(=O)(Cc1ccc2sc(C(=O)NC3CCC[C@H]4CC[C@@H](C(=O)N5CC(c6cccnc6)C5)N4C3=O)cc2c1)Oc1ccccc1. The molecule has 2 aromatic carbocycles. The Morgan fingerprint density at radius 1 is 1.00 bits per heavy atom. The van der Waals surface area contributed by atoms with Crippen LogP contribution < -0.4 is 14.9 Å². The molecule has 2 unspecified atom stereocenters. The van der Waals surface area contributed by atoms with Gasteiger partial charge in [0.15, 0.2) is 0 Å². The van der Waals surface area contributed by atoms with Gasteiger partial charge in [0.1, 0.15) is 23.4 Å². The number of benzene rings is 2. The van der Waals surface area contributed by atoms with Crippen LogP contribution >= 0.6 is 18.9 Å². The Labute approximate surface area is 325 Å². The molecule has 5 heterocycles. The molecule has 12 nitrogen and oxygen atoms in total. The van der Waals surface area contributed by atoms with Crippen molar-refractivity contribution in [3.8, 4) is 5.75 Å². The Hall–Kier alpha value is -4.58. The van der Waals surface area contributed by atoms with Crippen molar-refractivity contribution in [3.63, 3.8) is 0 Å². The summed E-state index contributed by atoms with van der Waals surface area (Å²) in [7, 11) is -3.75. The zero-order valence-corrected chi connectivity index (χ0v) is 33.3. The summed E-state index contributed by atoms with van der Waals surface area (Å²) in [5.74, 6) is -0.480. The molecule has 4 aromatic rings. The van der Waals surface area contributed by atoms with Gasteiger partial charge < -0.3 is 24.4 Å². The number of nitrogens with one attached hydrogen (secondary N) is 2. The number of ether oxygens (including phenoxy) is 1. The lowest BCUT2D eigenvalue weighted by Crippen LogP contribution is -2.58. The molecular weight excluding hydrogens is 738 g/mol. The fourth-order valence-corrected chi connectivity index (χ4v) is 11.0. The van der Waals surface area contributed by atoms with Gasteiger partial charge in [0.2, 0.25) is 11.8 Å². The van der Waals surface area contributed by atoms with E-state index in [9.17, 15) is 23.7 Å². The van der Waals surface area contributed by atoms with Gasteiger partial charge in [-0.25, -0.2) is 5.09 Å². The third kappa shape index (κ3) is 8.64. The minimum atomic E-state index is -3.75. The van der Waals surface area contributed by atoms with Crippen LogP contribution in [0, 0.1) is 0 Å². The van der Waals surface area contributed by atoms with E-state index in [1.165, 1.54) is 11.3 Å². The van der Waals surface area contributed by atoms with Crippen molar-refractivity contribution in [1.82, 2.24) is 25.2 Å². The summed E-state index contributed by atoms with van der Waals surface area (Å²) in [4.78, 5) is 62.7. The van der Waals surface area contributed by atoms with E-state index in [0.29, 0.717) is 42.1 Å². The largest absolute Gasteiger partial charge is 0.462 e. The van der Waals surface area contributed by atoms with Crippen LogP contribution in [0.15, 0.2) is 79.1 Å². The van der Waals surface area contributed by atoms with Crippen LogP contribution in [0.4, 0.5) is 0 Å². The summed E-state index contributed by atoms with van der Waals surface area (Å²) in [5, 5.41) is 6.76. The summed E-state index contributed by atoms with van der Waals surface area (Å²) >= 11 is 1.31. The number of thiophene rings is 1. The maximum absolute atomic E-state index is 14.5. The molecular formula is C41H48N5O7PS. The maximum Gasteiger partial charge on any atom is 0.326 e. The molecule has 3 saturated heterocycles. The lowest BCUT2D eigenvalue weighted by Gasteiger charge is -2.42. The van der Waals surface area contributed by atoms with Gasteiger partial charge in [-0.2, -0.15) is 0 Å². The van der Waals surface area contributed by atoms with Crippen molar-refractivity contribution >= 4 is 52.6 Å².